The molecule has 1 rings (SSSR count). The number of hydrogen-bond acceptors (Lipinski definition) is 4. The molecule has 0 radical (unpaired) electrons. The van der Waals surface area contributed by atoms with E-state index >= 15 is 0 Å². The molecule has 1 aromatic rings. The first-order chi connectivity index (χ1) is 8.44. The summed E-state index contributed by atoms with van der Waals surface area (Å²) in [5.41, 5.74) is 6.72. The normalized spacial score (nSPS) is 13.6. The molecule has 0 aliphatic rings. The molecule has 0 saturated carbocycles. The third-order valence-electron chi connectivity index (χ3n) is 2.24. The van der Waals surface area contributed by atoms with Gasteiger partial charge >= 0.3 is 7.60 Å². The summed E-state index contributed by atoms with van der Waals surface area (Å²) in [6.45, 7) is 4.11. The van der Waals surface area contributed by atoms with Crippen molar-refractivity contribution >= 4 is 39.5 Å². The van der Waals surface area contributed by atoms with Gasteiger partial charge in [0.2, 0.25) is 0 Å². The summed E-state index contributed by atoms with van der Waals surface area (Å²) < 4.78 is 24.7. The minimum Gasteiger partial charge on any atom is -0.314 e. The molecule has 18 heavy (non-hydrogen) atoms. The second-order valence-electron chi connectivity index (χ2n) is 3.49. The highest BCUT2D eigenvalue weighted by Gasteiger charge is 2.34. The average Bonchev–Trinajstić information content (AvgIpc) is 2.32. The van der Waals surface area contributed by atoms with Gasteiger partial charge in [-0.05, 0) is 63.4 Å². The molecule has 0 saturated heterocycles. The van der Waals surface area contributed by atoms with Gasteiger partial charge in [-0.3, -0.25) is 4.57 Å². The fraction of sp³-hybridized carbons (Fsp3) is 0.455. The van der Waals surface area contributed by atoms with Crippen LogP contribution < -0.4 is 5.73 Å². The first-order valence-electron chi connectivity index (χ1n) is 5.54. The van der Waals surface area contributed by atoms with E-state index in [1.54, 1.807) is 26.0 Å². The lowest BCUT2D eigenvalue weighted by molar-refractivity contribution is 0.212. The van der Waals surface area contributed by atoms with Crippen molar-refractivity contribution in [1.29, 1.82) is 0 Å². The van der Waals surface area contributed by atoms with Gasteiger partial charge in [0.1, 0.15) is 5.78 Å². The number of nitrogens with two attached hydrogens (primary N) is 1. The standard InChI is InChI=1S/C11H16Br2NO3P/c1-3-16-18(15,17-4-2)11(14)8-5-6-9(12)10(13)7-8/h5-7,11H,3-4,14H2,1-2H3/t11-/m1/s1. The first kappa shape index (κ1) is 16.3. The van der Waals surface area contributed by atoms with Crippen molar-refractivity contribution in [2.45, 2.75) is 19.6 Å². The topological polar surface area (TPSA) is 61.5 Å². The molecule has 1 aromatic carbocycles. The number of benzene rings is 1. The predicted molar refractivity (Wildman–Crippen MR) is 79.6 cm³/mol. The van der Waals surface area contributed by atoms with Gasteiger partial charge in [-0.2, -0.15) is 0 Å². The first-order valence-corrected chi connectivity index (χ1v) is 8.73. The molecule has 0 bridgehead atoms. The van der Waals surface area contributed by atoms with Crippen LogP contribution in [0, 0.1) is 0 Å². The molecular formula is C11H16Br2NO3P. The fourth-order valence-electron chi connectivity index (χ4n) is 1.44. The Kier molecular flexibility index (Phi) is 6.51. The maximum Gasteiger partial charge on any atom is 0.351 e. The summed E-state index contributed by atoms with van der Waals surface area (Å²) in [4.78, 5) is 0. The second kappa shape index (κ2) is 7.17. The van der Waals surface area contributed by atoms with Crippen LogP contribution in [0.4, 0.5) is 0 Å². The van der Waals surface area contributed by atoms with E-state index < -0.39 is 13.4 Å². The molecule has 0 amide bonds. The van der Waals surface area contributed by atoms with E-state index in [2.05, 4.69) is 31.9 Å². The molecule has 0 unspecified atom stereocenters. The van der Waals surface area contributed by atoms with E-state index in [0.717, 1.165) is 8.95 Å². The second-order valence-corrected chi connectivity index (χ2v) is 7.35. The highest BCUT2D eigenvalue weighted by atomic mass is 79.9. The van der Waals surface area contributed by atoms with Gasteiger partial charge < -0.3 is 14.8 Å². The Morgan fingerprint density at radius 2 is 1.78 bits per heavy atom. The minimum absolute atomic E-state index is 0.294. The Morgan fingerprint density at radius 1 is 1.22 bits per heavy atom. The Hall–Kier alpha value is 0.290. The molecule has 0 aliphatic heterocycles. The molecule has 0 aromatic heterocycles. The van der Waals surface area contributed by atoms with Crippen LogP contribution in [0.25, 0.3) is 0 Å². The average molecular weight is 401 g/mol. The van der Waals surface area contributed by atoms with Gasteiger partial charge in [-0.25, -0.2) is 0 Å². The third kappa shape index (κ3) is 3.89. The summed E-state index contributed by atoms with van der Waals surface area (Å²) in [6, 6.07) is 5.44. The summed E-state index contributed by atoms with van der Waals surface area (Å²) in [5, 5.41) is 0. The lowest BCUT2D eigenvalue weighted by atomic mass is 10.2. The SMILES string of the molecule is CCOP(=O)(OCC)[C@@H](N)c1ccc(Br)c(Br)c1. The highest BCUT2D eigenvalue weighted by molar-refractivity contribution is 9.13. The van der Waals surface area contributed by atoms with E-state index in [1.165, 1.54) is 0 Å². The quantitative estimate of drug-likeness (QED) is 0.717. The molecule has 0 fully saturated rings. The van der Waals surface area contributed by atoms with Gasteiger partial charge in [0.05, 0.1) is 13.2 Å². The van der Waals surface area contributed by atoms with Crippen LogP contribution in [0.15, 0.2) is 27.1 Å². The maximum atomic E-state index is 12.5. The van der Waals surface area contributed by atoms with E-state index in [0.29, 0.717) is 18.8 Å². The smallest absolute Gasteiger partial charge is 0.314 e. The fourth-order valence-corrected chi connectivity index (χ4v) is 3.72. The van der Waals surface area contributed by atoms with Gasteiger partial charge in [0.25, 0.3) is 0 Å². The Labute approximate surface area is 124 Å². The van der Waals surface area contributed by atoms with Crippen molar-refractivity contribution in [2.24, 2.45) is 5.73 Å². The molecule has 0 heterocycles. The molecule has 4 nitrogen and oxygen atoms in total. The van der Waals surface area contributed by atoms with Crippen LogP contribution in [-0.4, -0.2) is 13.2 Å². The lowest BCUT2D eigenvalue weighted by Gasteiger charge is -2.23. The summed E-state index contributed by atoms with van der Waals surface area (Å²) >= 11 is 6.76. The molecule has 1 atom stereocenters. The zero-order valence-corrected chi connectivity index (χ0v) is 14.3. The molecular weight excluding hydrogens is 385 g/mol. The lowest BCUT2D eigenvalue weighted by Crippen LogP contribution is -2.15. The summed E-state index contributed by atoms with van der Waals surface area (Å²) in [7, 11) is -3.33. The van der Waals surface area contributed by atoms with Crippen LogP contribution in [-0.2, 0) is 13.6 Å². The van der Waals surface area contributed by atoms with Crippen molar-refractivity contribution in [3.8, 4) is 0 Å². The highest BCUT2D eigenvalue weighted by Crippen LogP contribution is 2.58. The zero-order chi connectivity index (χ0) is 13.8. The third-order valence-corrected chi connectivity index (χ3v) is 6.34. The maximum absolute atomic E-state index is 12.5. The van der Waals surface area contributed by atoms with Crippen molar-refractivity contribution in [3.63, 3.8) is 0 Å². The number of halogens is 2. The van der Waals surface area contributed by atoms with Crippen molar-refractivity contribution < 1.29 is 13.6 Å². The Morgan fingerprint density at radius 3 is 2.22 bits per heavy atom. The molecule has 2 N–H and O–H groups in total. The zero-order valence-electron chi connectivity index (χ0n) is 10.2. The largest absolute Gasteiger partial charge is 0.351 e. The molecule has 0 spiro atoms. The van der Waals surface area contributed by atoms with Gasteiger partial charge in [-0.1, -0.05) is 6.07 Å². The monoisotopic (exact) mass is 399 g/mol. The minimum atomic E-state index is -3.33. The van der Waals surface area contributed by atoms with Gasteiger partial charge in [-0.15, -0.1) is 0 Å². The summed E-state index contributed by atoms with van der Waals surface area (Å²) in [5.74, 6) is -0.790. The predicted octanol–water partition coefficient (Wildman–Crippen LogP) is 4.44. The van der Waals surface area contributed by atoms with Gasteiger partial charge in [0.15, 0.2) is 0 Å². The van der Waals surface area contributed by atoms with Gasteiger partial charge in [0, 0.05) is 8.95 Å². The van der Waals surface area contributed by atoms with Crippen LogP contribution in [0.2, 0.25) is 0 Å². The van der Waals surface area contributed by atoms with Crippen LogP contribution in [0.3, 0.4) is 0 Å². The van der Waals surface area contributed by atoms with Crippen LogP contribution in [0.1, 0.15) is 25.2 Å². The van der Waals surface area contributed by atoms with E-state index in [9.17, 15) is 4.57 Å². The number of rotatable bonds is 6. The molecule has 0 aliphatic carbocycles. The Bertz CT molecular complexity index is 446. The van der Waals surface area contributed by atoms with Crippen molar-refractivity contribution in [2.75, 3.05) is 13.2 Å². The number of hydrogen-bond donors (Lipinski definition) is 1. The van der Waals surface area contributed by atoms with Crippen molar-refractivity contribution in [1.82, 2.24) is 0 Å². The van der Waals surface area contributed by atoms with Crippen LogP contribution >= 0.6 is 39.5 Å². The van der Waals surface area contributed by atoms with E-state index in [-0.39, 0.29) is 0 Å². The van der Waals surface area contributed by atoms with E-state index in [1.807, 2.05) is 6.07 Å². The van der Waals surface area contributed by atoms with Crippen LogP contribution in [0.5, 0.6) is 0 Å². The summed E-state index contributed by atoms with van der Waals surface area (Å²) in [6.07, 6.45) is 0. The molecule has 7 heteroatoms. The molecule has 102 valence electrons. The van der Waals surface area contributed by atoms with Crippen molar-refractivity contribution in [3.05, 3.63) is 32.7 Å². The Balaban J connectivity index is 3.05. The van der Waals surface area contributed by atoms with E-state index in [4.69, 9.17) is 14.8 Å².